The Morgan fingerprint density at radius 3 is 2.25 bits per heavy atom. The molecule has 4 rings (SSSR count). The smallest absolute Gasteiger partial charge is 0.263 e. The highest BCUT2D eigenvalue weighted by Gasteiger charge is 2.26. The molecular formula is C24H20BrN3O3S. The van der Waals surface area contributed by atoms with Gasteiger partial charge >= 0.3 is 0 Å². The van der Waals surface area contributed by atoms with Crippen LogP contribution in [0.4, 0.5) is 0 Å². The molecule has 0 saturated carbocycles. The van der Waals surface area contributed by atoms with Gasteiger partial charge in [-0.15, -0.1) is 0 Å². The molecule has 1 fully saturated rings. The molecule has 0 aliphatic carbocycles. The van der Waals surface area contributed by atoms with Gasteiger partial charge in [-0.25, -0.2) is 0 Å². The van der Waals surface area contributed by atoms with Gasteiger partial charge in [-0.1, -0.05) is 28.1 Å². The first-order valence-electron chi connectivity index (χ1n) is 9.87. The number of carbonyl (C=O) groups is 2. The zero-order valence-corrected chi connectivity index (χ0v) is 19.8. The largest absolute Gasteiger partial charge is 0.489 e. The first-order chi connectivity index (χ1) is 15.3. The normalized spacial score (nSPS) is 13.6. The Bertz CT molecular complexity index is 1220. The lowest BCUT2D eigenvalue weighted by Gasteiger charge is -2.16. The maximum absolute atomic E-state index is 12.2. The van der Waals surface area contributed by atoms with Crippen molar-refractivity contribution >= 4 is 51.2 Å². The summed E-state index contributed by atoms with van der Waals surface area (Å²) in [6.07, 6.45) is 1.58. The Kier molecular flexibility index (Phi) is 6.25. The molecule has 2 aromatic carbocycles. The van der Waals surface area contributed by atoms with E-state index in [1.54, 1.807) is 6.08 Å². The zero-order valence-electron chi connectivity index (χ0n) is 17.4. The second-order valence-corrected chi connectivity index (χ2v) is 8.69. The van der Waals surface area contributed by atoms with E-state index in [2.05, 4.69) is 31.1 Å². The number of benzene rings is 2. The van der Waals surface area contributed by atoms with Gasteiger partial charge in [0.2, 0.25) is 0 Å². The second kappa shape index (κ2) is 9.10. The Balaban J connectivity index is 1.54. The van der Waals surface area contributed by atoms with Gasteiger partial charge in [-0.05, 0) is 85.7 Å². The van der Waals surface area contributed by atoms with Crippen LogP contribution in [-0.4, -0.2) is 21.5 Å². The van der Waals surface area contributed by atoms with Crippen molar-refractivity contribution in [2.75, 3.05) is 0 Å². The minimum atomic E-state index is -0.504. The van der Waals surface area contributed by atoms with Crippen LogP contribution in [0.25, 0.3) is 11.8 Å². The van der Waals surface area contributed by atoms with Crippen molar-refractivity contribution < 1.29 is 14.3 Å². The van der Waals surface area contributed by atoms with Gasteiger partial charge in [0.15, 0.2) is 5.11 Å². The highest BCUT2D eigenvalue weighted by molar-refractivity contribution is 9.10. The monoisotopic (exact) mass is 509 g/mol. The summed E-state index contributed by atoms with van der Waals surface area (Å²) in [6.45, 7) is 4.41. The summed E-state index contributed by atoms with van der Waals surface area (Å²) in [4.78, 5) is 24.3. The van der Waals surface area contributed by atoms with E-state index in [-0.39, 0.29) is 10.7 Å². The van der Waals surface area contributed by atoms with Gasteiger partial charge in [0.05, 0.1) is 0 Å². The summed E-state index contributed by atoms with van der Waals surface area (Å²) >= 11 is 8.28. The third-order valence-electron chi connectivity index (χ3n) is 5.13. The number of hydrogen-bond donors (Lipinski definition) is 2. The number of carbonyl (C=O) groups excluding carboxylic acids is 2. The van der Waals surface area contributed by atoms with E-state index in [0.717, 1.165) is 38.4 Å². The van der Waals surface area contributed by atoms with Gasteiger partial charge in [-0.3, -0.25) is 20.2 Å². The van der Waals surface area contributed by atoms with Crippen molar-refractivity contribution in [3.63, 3.8) is 0 Å². The average molecular weight is 510 g/mol. The number of rotatable bonds is 5. The third-order valence-corrected chi connectivity index (χ3v) is 5.86. The Morgan fingerprint density at radius 2 is 1.62 bits per heavy atom. The predicted octanol–water partition coefficient (Wildman–Crippen LogP) is 4.35. The molecule has 1 aromatic heterocycles. The maximum atomic E-state index is 12.2. The molecule has 1 saturated heterocycles. The zero-order chi connectivity index (χ0) is 22.8. The van der Waals surface area contributed by atoms with E-state index >= 15 is 0 Å². The van der Waals surface area contributed by atoms with Gasteiger partial charge in [-0.2, -0.15) is 0 Å². The number of amides is 2. The summed E-state index contributed by atoms with van der Waals surface area (Å²) < 4.78 is 8.99. The molecule has 162 valence electrons. The fraction of sp³-hybridized carbons (Fsp3) is 0.125. The van der Waals surface area contributed by atoms with E-state index in [0.29, 0.717) is 6.61 Å². The van der Waals surface area contributed by atoms with Crippen LogP contribution in [0.1, 0.15) is 22.5 Å². The Labute approximate surface area is 199 Å². The molecule has 2 heterocycles. The number of nitrogens with zero attached hydrogens (tertiary/aromatic N) is 1. The molecule has 2 N–H and O–H groups in total. The van der Waals surface area contributed by atoms with Crippen molar-refractivity contribution in [2.45, 2.75) is 20.5 Å². The lowest BCUT2D eigenvalue weighted by molar-refractivity contribution is -0.123. The highest BCUT2D eigenvalue weighted by atomic mass is 79.9. The number of nitrogens with one attached hydrogen (secondary N) is 2. The van der Waals surface area contributed by atoms with Crippen molar-refractivity contribution in [1.29, 1.82) is 0 Å². The number of aryl methyl sites for hydroxylation is 1. The minimum absolute atomic E-state index is 0.0186. The number of aromatic nitrogens is 1. The van der Waals surface area contributed by atoms with Crippen molar-refractivity contribution in [3.8, 4) is 11.4 Å². The van der Waals surface area contributed by atoms with E-state index in [4.69, 9.17) is 17.0 Å². The molecule has 0 atom stereocenters. The summed E-state index contributed by atoms with van der Waals surface area (Å²) in [5.41, 5.74) is 4.74. The van der Waals surface area contributed by atoms with Crippen LogP contribution in [-0.2, 0) is 16.2 Å². The molecule has 2 amide bonds. The Morgan fingerprint density at radius 1 is 1.00 bits per heavy atom. The number of thiocarbonyl (C=S) groups is 1. The van der Waals surface area contributed by atoms with Crippen LogP contribution in [0, 0.1) is 13.8 Å². The fourth-order valence-corrected chi connectivity index (χ4v) is 3.98. The number of halogens is 1. The number of ether oxygens (including phenoxy) is 1. The van der Waals surface area contributed by atoms with Crippen LogP contribution in [0.2, 0.25) is 0 Å². The SMILES string of the molecule is Cc1cc(C=C2C(=O)NC(=S)NC2=O)c(C)n1-c1ccc(OCc2ccc(Br)cc2)cc1. The molecule has 0 unspecified atom stereocenters. The molecule has 1 aliphatic rings. The summed E-state index contributed by atoms with van der Waals surface area (Å²) in [5.74, 6) is -0.236. The van der Waals surface area contributed by atoms with Crippen LogP contribution in [0.3, 0.4) is 0 Å². The maximum Gasteiger partial charge on any atom is 0.263 e. The summed E-state index contributed by atoms with van der Waals surface area (Å²) in [6, 6.07) is 17.7. The Hall–Kier alpha value is -3.23. The van der Waals surface area contributed by atoms with Crippen molar-refractivity contribution in [2.24, 2.45) is 0 Å². The highest BCUT2D eigenvalue weighted by Crippen LogP contribution is 2.25. The van der Waals surface area contributed by atoms with E-state index in [1.807, 2.05) is 68.4 Å². The van der Waals surface area contributed by atoms with Gasteiger partial charge in [0, 0.05) is 21.5 Å². The first kappa shape index (κ1) is 22.0. The predicted molar refractivity (Wildman–Crippen MR) is 131 cm³/mol. The number of hydrogen-bond acceptors (Lipinski definition) is 4. The van der Waals surface area contributed by atoms with Crippen LogP contribution in [0.15, 0.2) is 64.6 Å². The molecule has 3 aromatic rings. The standard InChI is InChI=1S/C24H20BrN3O3S/c1-14-11-17(12-21-22(29)26-24(32)27-23(21)30)15(2)28(14)19-7-9-20(10-8-19)31-13-16-3-5-18(25)6-4-16/h3-12H,13H2,1-2H3,(H2,26,27,29,30,32). The molecule has 0 radical (unpaired) electrons. The van der Waals surface area contributed by atoms with Crippen LogP contribution >= 0.6 is 28.1 Å². The average Bonchev–Trinajstić information content (AvgIpc) is 3.03. The quantitative estimate of drug-likeness (QED) is 0.304. The molecule has 0 spiro atoms. The minimum Gasteiger partial charge on any atom is -0.489 e. The molecule has 0 bridgehead atoms. The lowest BCUT2D eigenvalue weighted by atomic mass is 10.1. The van der Waals surface area contributed by atoms with E-state index < -0.39 is 11.8 Å². The molecule has 6 nitrogen and oxygen atoms in total. The van der Waals surface area contributed by atoms with Gasteiger partial charge < -0.3 is 9.30 Å². The molecule has 1 aliphatic heterocycles. The van der Waals surface area contributed by atoms with Crippen LogP contribution < -0.4 is 15.4 Å². The molecule has 8 heteroatoms. The van der Waals surface area contributed by atoms with E-state index in [9.17, 15) is 9.59 Å². The van der Waals surface area contributed by atoms with Gasteiger partial charge in [0.1, 0.15) is 17.9 Å². The summed E-state index contributed by atoms with van der Waals surface area (Å²) in [5, 5.41) is 4.93. The topological polar surface area (TPSA) is 72.4 Å². The first-order valence-corrected chi connectivity index (χ1v) is 11.1. The van der Waals surface area contributed by atoms with Crippen LogP contribution in [0.5, 0.6) is 5.75 Å². The van der Waals surface area contributed by atoms with E-state index in [1.165, 1.54) is 0 Å². The fourth-order valence-electron chi connectivity index (χ4n) is 3.53. The second-order valence-electron chi connectivity index (χ2n) is 7.37. The van der Waals surface area contributed by atoms with Gasteiger partial charge in [0.25, 0.3) is 11.8 Å². The van der Waals surface area contributed by atoms with Crippen molar-refractivity contribution in [3.05, 3.63) is 87.2 Å². The molecule has 32 heavy (non-hydrogen) atoms. The third kappa shape index (κ3) is 4.66. The lowest BCUT2D eigenvalue weighted by Crippen LogP contribution is -2.51. The molecular weight excluding hydrogens is 490 g/mol. The summed E-state index contributed by atoms with van der Waals surface area (Å²) in [7, 11) is 0. The van der Waals surface area contributed by atoms with Crippen molar-refractivity contribution in [1.82, 2.24) is 15.2 Å².